The number of anilines is 2. The largest absolute Gasteiger partial charge is 0.465 e. The van der Waals surface area contributed by atoms with Crippen molar-refractivity contribution in [3.8, 4) is 11.4 Å². The first-order chi connectivity index (χ1) is 30.7. The number of hydrogen-bond acceptors (Lipinski definition) is 16. The zero-order chi connectivity index (χ0) is 46.7. The Bertz CT molecular complexity index is 2980. The van der Waals surface area contributed by atoms with Crippen LogP contribution in [0.5, 0.6) is 0 Å². The Morgan fingerprint density at radius 3 is 1.62 bits per heavy atom. The molecule has 340 valence electrons. The van der Waals surface area contributed by atoms with Gasteiger partial charge in [-0.25, -0.2) is 48.7 Å². The van der Waals surface area contributed by atoms with Crippen LogP contribution in [-0.4, -0.2) is 116 Å². The first kappa shape index (κ1) is 43.9. The number of methoxy groups -OCH3 is 1. The maximum absolute atomic E-state index is 14.4. The second-order valence-electron chi connectivity index (χ2n) is 17.7. The van der Waals surface area contributed by atoms with Crippen molar-refractivity contribution < 1.29 is 38.1 Å². The Balaban J connectivity index is 1.09. The molecule has 0 bridgehead atoms. The Morgan fingerprint density at radius 1 is 0.646 bits per heavy atom. The van der Waals surface area contributed by atoms with E-state index in [9.17, 15) is 28.8 Å². The summed E-state index contributed by atoms with van der Waals surface area (Å²) in [5.74, 6) is -1.33. The summed E-state index contributed by atoms with van der Waals surface area (Å²) in [5.41, 5.74) is 11.9. The molecule has 6 heterocycles. The number of likely N-dealkylation sites (tertiary alicyclic amines) is 2. The lowest BCUT2D eigenvalue weighted by Crippen LogP contribution is -2.42. The van der Waals surface area contributed by atoms with Gasteiger partial charge in [0.25, 0.3) is 0 Å². The molecule has 8 rings (SSSR count). The van der Waals surface area contributed by atoms with Gasteiger partial charge in [0.05, 0.1) is 41.7 Å². The molecule has 6 aromatic rings. The lowest BCUT2D eigenvalue weighted by atomic mass is 10.2. The van der Waals surface area contributed by atoms with Crippen LogP contribution in [0.15, 0.2) is 70.8 Å². The quantitative estimate of drug-likeness (QED) is 0.169. The fourth-order valence-corrected chi connectivity index (χ4v) is 8.11. The molecule has 22 heteroatoms. The lowest BCUT2D eigenvalue weighted by molar-refractivity contribution is -0.0308. The van der Waals surface area contributed by atoms with E-state index < -0.39 is 65.0 Å². The Hall–Kier alpha value is -7.78. The van der Waals surface area contributed by atoms with E-state index in [2.05, 4.69) is 19.9 Å². The van der Waals surface area contributed by atoms with Gasteiger partial charge in [0.1, 0.15) is 34.9 Å². The van der Waals surface area contributed by atoms with Crippen LogP contribution in [0.1, 0.15) is 87.2 Å². The monoisotopic (exact) mass is 892 g/mol. The molecule has 4 N–H and O–H groups in total. The van der Waals surface area contributed by atoms with Crippen LogP contribution < -0.4 is 22.8 Å². The van der Waals surface area contributed by atoms with Gasteiger partial charge in [-0.15, -0.1) is 0 Å². The number of carbonyl (C=O) groups excluding carboxylic acids is 4. The fraction of sp³-hybridized carbons (Fsp3) is 0.395. The summed E-state index contributed by atoms with van der Waals surface area (Å²) in [6.45, 7) is 10.9. The summed E-state index contributed by atoms with van der Waals surface area (Å²) in [6.07, 6.45) is 0.392. The minimum Gasteiger partial charge on any atom is -0.465 e. The number of rotatable bonds is 7. The third-order valence-corrected chi connectivity index (χ3v) is 10.9. The molecule has 4 aromatic heterocycles. The molecule has 22 nitrogen and oxygen atoms in total. The van der Waals surface area contributed by atoms with Crippen molar-refractivity contribution >= 4 is 58.1 Å². The van der Waals surface area contributed by atoms with Crippen LogP contribution in [0, 0.1) is 0 Å². The molecule has 2 aromatic carbocycles. The van der Waals surface area contributed by atoms with Crippen molar-refractivity contribution in [2.45, 2.75) is 83.9 Å². The van der Waals surface area contributed by atoms with Crippen molar-refractivity contribution in [1.29, 1.82) is 0 Å². The number of esters is 2. The second kappa shape index (κ2) is 16.4. The highest BCUT2D eigenvalue weighted by molar-refractivity contribution is 5.91. The third kappa shape index (κ3) is 8.29. The van der Waals surface area contributed by atoms with E-state index >= 15 is 0 Å². The van der Waals surface area contributed by atoms with E-state index in [1.807, 2.05) is 0 Å². The normalized spacial score (nSPS) is 17.7. The van der Waals surface area contributed by atoms with Gasteiger partial charge in [-0.2, -0.15) is 0 Å². The summed E-state index contributed by atoms with van der Waals surface area (Å²) < 4.78 is 27.6. The number of nitrogens with two attached hydrogens (primary N) is 2. The predicted octanol–water partition coefficient (Wildman–Crippen LogP) is 3.98. The molecule has 2 saturated heterocycles. The van der Waals surface area contributed by atoms with E-state index in [-0.39, 0.29) is 64.6 Å². The molecule has 0 spiro atoms. The number of carbonyl (C=O) groups is 4. The zero-order valence-corrected chi connectivity index (χ0v) is 36.8. The van der Waals surface area contributed by atoms with E-state index in [0.29, 0.717) is 24.3 Å². The van der Waals surface area contributed by atoms with E-state index in [4.69, 9.17) is 30.4 Å². The molecule has 0 saturated carbocycles. The summed E-state index contributed by atoms with van der Waals surface area (Å²) in [6, 6.07) is 10.9. The SMILES string of the molecule is COC(=O)c1ccc(-n2c(=O)n([C@@H]3CC(OC(=O)c4ccc(-n5c(=O)n([C@@H]6CCN(C(=O)OC(C)(C)C)C6)c6ncnc(N)c65)cc4)N(C(=O)OC(C)(C)C)C3)c3ncnc(N)c32)cc1. The van der Waals surface area contributed by atoms with Gasteiger partial charge < -0.3 is 35.3 Å². The number of aromatic nitrogens is 8. The number of fused-ring (bicyclic) bond motifs is 2. The number of nitrogens with zero attached hydrogens (tertiary/aromatic N) is 10. The number of benzene rings is 2. The van der Waals surface area contributed by atoms with Gasteiger partial charge in [-0.3, -0.25) is 23.2 Å². The fourth-order valence-electron chi connectivity index (χ4n) is 8.11. The zero-order valence-electron chi connectivity index (χ0n) is 36.8. The number of imidazole rings is 2. The van der Waals surface area contributed by atoms with Gasteiger partial charge in [-0.1, -0.05) is 0 Å². The van der Waals surface area contributed by atoms with Gasteiger partial charge >= 0.3 is 35.5 Å². The molecule has 1 unspecified atom stereocenters. The number of amides is 2. The van der Waals surface area contributed by atoms with Crippen molar-refractivity contribution in [1.82, 2.24) is 48.0 Å². The van der Waals surface area contributed by atoms with Gasteiger partial charge in [-0.05, 0) is 96.5 Å². The highest BCUT2D eigenvalue weighted by Crippen LogP contribution is 2.34. The molecular weight excluding hydrogens is 845 g/mol. The topological polar surface area (TPSA) is 269 Å². The average Bonchev–Trinajstić information content (AvgIpc) is 4.02. The maximum Gasteiger partial charge on any atom is 0.413 e. The Morgan fingerprint density at radius 2 is 1.12 bits per heavy atom. The number of nitrogen functional groups attached to an aromatic ring is 2. The minimum absolute atomic E-state index is 0.00160. The molecular formula is C43H48N12O10. The number of ether oxygens (including phenoxy) is 4. The molecule has 3 atom stereocenters. The van der Waals surface area contributed by atoms with Crippen LogP contribution in [-0.2, 0) is 18.9 Å². The van der Waals surface area contributed by atoms with Crippen LogP contribution in [0.4, 0.5) is 21.2 Å². The standard InChI is InChI=1S/C43H48N12O10/c1-42(2,3)64-40(60)50-17-16-27(19-50)54-34-30(32(44)46-21-48-34)52(38(54)58)26-14-10-24(11-15-26)37(57)63-29-18-28(20-51(29)41(61)65-43(4,5)6)55-35-31(33(45)47-22-49-35)53(39(55)59)25-12-8-23(9-13-25)36(56)62-7/h8-15,21-22,27-29H,16-20H2,1-7H3,(H2,44,46,48)(H2,45,47,49)/t27-,28-,29?/m1/s1. The molecule has 0 aliphatic carbocycles. The average molecular weight is 893 g/mol. The van der Waals surface area contributed by atoms with Crippen LogP contribution in [0.3, 0.4) is 0 Å². The van der Waals surface area contributed by atoms with Crippen LogP contribution in [0.25, 0.3) is 33.7 Å². The molecule has 2 aliphatic rings. The van der Waals surface area contributed by atoms with E-state index in [1.54, 1.807) is 58.6 Å². The second-order valence-corrected chi connectivity index (χ2v) is 17.7. The van der Waals surface area contributed by atoms with Crippen molar-refractivity contribution in [3.63, 3.8) is 0 Å². The summed E-state index contributed by atoms with van der Waals surface area (Å²) in [4.78, 5) is 101. The Labute approximate surface area is 370 Å². The maximum atomic E-state index is 14.4. The first-order valence-electron chi connectivity index (χ1n) is 20.7. The summed E-state index contributed by atoms with van der Waals surface area (Å²) in [5, 5.41) is 0. The van der Waals surface area contributed by atoms with Gasteiger partial charge in [0.15, 0.2) is 29.2 Å². The van der Waals surface area contributed by atoms with E-state index in [0.717, 1.165) is 0 Å². The molecule has 2 aliphatic heterocycles. The highest BCUT2D eigenvalue weighted by atomic mass is 16.6. The third-order valence-electron chi connectivity index (χ3n) is 10.9. The minimum atomic E-state index is -1.21. The molecule has 0 radical (unpaired) electrons. The first-order valence-corrected chi connectivity index (χ1v) is 20.7. The van der Waals surface area contributed by atoms with Crippen molar-refractivity contribution in [2.75, 3.05) is 38.2 Å². The smallest absolute Gasteiger partial charge is 0.413 e. The van der Waals surface area contributed by atoms with Crippen LogP contribution >= 0.6 is 0 Å². The molecule has 2 amide bonds. The van der Waals surface area contributed by atoms with Crippen LogP contribution in [0.2, 0.25) is 0 Å². The van der Waals surface area contributed by atoms with Gasteiger partial charge in [0.2, 0.25) is 0 Å². The summed E-state index contributed by atoms with van der Waals surface area (Å²) in [7, 11) is 1.26. The van der Waals surface area contributed by atoms with Crippen molar-refractivity contribution in [2.24, 2.45) is 0 Å². The van der Waals surface area contributed by atoms with Gasteiger partial charge in [0, 0.05) is 26.1 Å². The molecule has 2 fully saturated rings. The lowest BCUT2D eigenvalue weighted by Gasteiger charge is -2.28. The van der Waals surface area contributed by atoms with E-state index in [1.165, 1.54) is 79.3 Å². The number of hydrogen-bond donors (Lipinski definition) is 2. The highest BCUT2D eigenvalue weighted by Gasteiger charge is 2.43. The molecule has 65 heavy (non-hydrogen) atoms. The predicted molar refractivity (Wildman–Crippen MR) is 234 cm³/mol. The van der Waals surface area contributed by atoms with Crippen molar-refractivity contribution in [3.05, 3.63) is 93.3 Å². The Kier molecular flexibility index (Phi) is 11.1. The summed E-state index contributed by atoms with van der Waals surface area (Å²) >= 11 is 0.